The van der Waals surface area contributed by atoms with Crippen molar-refractivity contribution in [2.45, 2.75) is 6.92 Å². The highest BCUT2D eigenvalue weighted by atomic mass is 79.9. The van der Waals surface area contributed by atoms with E-state index in [0.29, 0.717) is 28.1 Å². The topological polar surface area (TPSA) is 67.9 Å². The summed E-state index contributed by atoms with van der Waals surface area (Å²) in [6.45, 7) is 6.10. The lowest BCUT2D eigenvalue weighted by atomic mass is 10.1. The third kappa shape index (κ3) is 4.76. The number of thiocarbonyl (C=S) groups is 1. The molecule has 27 heavy (non-hydrogen) atoms. The lowest BCUT2D eigenvalue weighted by molar-refractivity contribution is -0.128. The molecule has 2 amide bonds. The smallest absolute Gasteiger partial charge is 0.265 e. The molecule has 1 heterocycles. The van der Waals surface area contributed by atoms with Gasteiger partial charge >= 0.3 is 0 Å². The minimum atomic E-state index is -0.563. The number of amides is 2. The molecule has 0 unspecified atom stereocenters. The molecule has 6 nitrogen and oxygen atoms in total. The highest BCUT2D eigenvalue weighted by molar-refractivity contribution is 9.10. The molecule has 1 saturated heterocycles. The minimum Gasteiger partial charge on any atom is -0.490 e. The van der Waals surface area contributed by atoms with Gasteiger partial charge in [-0.15, -0.1) is 13.0 Å². The molecule has 0 aliphatic carbocycles. The van der Waals surface area contributed by atoms with Gasteiger partial charge in [-0.25, -0.2) is 0 Å². The monoisotopic (exact) mass is 448 g/mol. The first kappa shape index (κ1) is 20.7. The van der Waals surface area contributed by atoms with E-state index in [1.54, 1.807) is 12.1 Å². The summed E-state index contributed by atoms with van der Waals surface area (Å²) in [6, 6.07) is 3.37. The van der Waals surface area contributed by atoms with Gasteiger partial charge in [0.05, 0.1) is 11.1 Å². The van der Waals surface area contributed by atoms with E-state index in [-0.39, 0.29) is 23.8 Å². The molecule has 8 heteroatoms. The molecule has 1 fully saturated rings. The number of hydrogen-bond donors (Lipinski definition) is 1. The Balaban J connectivity index is 2.46. The van der Waals surface area contributed by atoms with Crippen molar-refractivity contribution in [2.75, 3.05) is 19.8 Å². The number of hydrogen-bond acceptors (Lipinski definition) is 5. The first-order valence-electron chi connectivity index (χ1n) is 7.95. The van der Waals surface area contributed by atoms with Crippen LogP contribution in [0.15, 0.2) is 34.8 Å². The quantitative estimate of drug-likeness (QED) is 0.228. The van der Waals surface area contributed by atoms with E-state index in [2.05, 4.69) is 33.7 Å². The van der Waals surface area contributed by atoms with Crippen LogP contribution in [0.1, 0.15) is 12.5 Å². The summed E-state index contributed by atoms with van der Waals surface area (Å²) in [4.78, 5) is 26.1. The SMILES string of the molecule is C#CCOc1c(Br)cc(/C=C2\C(=O)NC(=S)N(CC=C)C2=O)cc1OCC. The molecule has 0 radical (unpaired) electrons. The van der Waals surface area contributed by atoms with Gasteiger partial charge in [-0.1, -0.05) is 12.0 Å². The Bertz CT molecular complexity index is 873. The molecular weight excluding hydrogens is 432 g/mol. The first-order chi connectivity index (χ1) is 12.9. The van der Waals surface area contributed by atoms with E-state index < -0.39 is 11.8 Å². The molecule has 1 aliphatic heterocycles. The Kier molecular flexibility index (Phi) is 7.16. The maximum absolute atomic E-state index is 12.6. The average molecular weight is 449 g/mol. The number of terminal acetylenes is 1. The van der Waals surface area contributed by atoms with E-state index in [1.807, 2.05) is 6.92 Å². The summed E-state index contributed by atoms with van der Waals surface area (Å²) < 4.78 is 11.7. The molecule has 0 bridgehead atoms. The summed E-state index contributed by atoms with van der Waals surface area (Å²) >= 11 is 8.44. The van der Waals surface area contributed by atoms with Crippen LogP contribution in [-0.2, 0) is 9.59 Å². The van der Waals surface area contributed by atoms with Gasteiger partial charge < -0.3 is 9.47 Å². The van der Waals surface area contributed by atoms with Gasteiger partial charge in [0.1, 0.15) is 12.2 Å². The molecule has 0 aromatic heterocycles. The Hall–Kier alpha value is -2.63. The standard InChI is InChI=1S/C19H17BrN2O4S/c1-4-7-22-18(24)13(17(23)21-19(22)27)9-12-10-14(20)16(26-8-5-2)15(11-12)25-6-3/h2,4,9-11H,1,6-8H2,3H3,(H,21,23,27)/b13-9+. The van der Waals surface area contributed by atoms with E-state index in [0.717, 1.165) is 0 Å². The van der Waals surface area contributed by atoms with Crippen molar-refractivity contribution in [3.8, 4) is 23.8 Å². The summed E-state index contributed by atoms with van der Waals surface area (Å²) in [7, 11) is 0. The van der Waals surface area contributed by atoms with E-state index in [9.17, 15) is 9.59 Å². The Morgan fingerprint density at radius 1 is 1.41 bits per heavy atom. The first-order valence-corrected chi connectivity index (χ1v) is 9.15. The summed E-state index contributed by atoms with van der Waals surface area (Å²) in [5, 5.41) is 2.55. The fraction of sp³-hybridized carbons (Fsp3) is 0.211. The predicted molar refractivity (Wildman–Crippen MR) is 110 cm³/mol. The number of benzene rings is 1. The molecule has 0 atom stereocenters. The van der Waals surface area contributed by atoms with Crippen LogP contribution in [0, 0.1) is 12.3 Å². The fourth-order valence-electron chi connectivity index (χ4n) is 2.34. The second-order valence-corrected chi connectivity index (χ2v) is 6.52. The molecular formula is C19H17BrN2O4S. The van der Waals surface area contributed by atoms with Gasteiger partial charge in [-0.05, 0) is 58.8 Å². The Morgan fingerprint density at radius 2 is 2.15 bits per heavy atom. The Morgan fingerprint density at radius 3 is 2.78 bits per heavy atom. The number of nitrogens with one attached hydrogen (secondary N) is 1. The molecule has 1 N–H and O–H groups in total. The second-order valence-electron chi connectivity index (χ2n) is 5.28. The van der Waals surface area contributed by atoms with E-state index in [1.165, 1.54) is 17.1 Å². The van der Waals surface area contributed by atoms with Gasteiger partial charge in [-0.3, -0.25) is 19.8 Å². The molecule has 1 aromatic carbocycles. The zero-order valence-corrected chi connectivity index (χ0v) is 17.0. The van der Waals surface area contributed by atoms with Crippen LogP contribution in [0.2, 0.25) is 0 Å². The van der Waals surface area contributed by atoms with Crippen LogP contribution in [0.3, 0.4) is 0 Å². The number of carbonyl (C=O) groups excluding carboxylic acids is 2. The van der Waals surface area contributed by atoms with Gasteiger partial charge in [0.2, 0.25) is 0 Å². The van der Waals surface area contributed by atoms with E-state index >= 15 is 0 Å². The van der Waals surface area contributed by atoms with Gasteiger partial charge in [0.25, 0.3) is 11.8 Å². The minimum absolute atomic E-state index is 0.0444. The average Bonchev–Trinajstić information content (AvgIpc) is 2.62. The molecule has 0 spiro atoms. The van der Waals surface area contributed by atoms with Gasteiger partial charge in [0.15, 0.2) is 16.6 Å². The predicted octanol–water partition coefficient (Wildman–Crippen LogP) is 2.67. The summed E-state index contributed by atoms with van der Waals surface area (Å²) in [5.74, 6) is 2.22. The van der Waals surface area contributed by atoms with Crippen LogP contribution in [0.4, 0.5) is 0 Å². The van der Waals surface area contributed by atoms with Crippen LogP contribution in [0.5, 0.6) is 11.5 Å². The van der Waals surface area contributed by atoms with Gasteiger partial charge in [0, 0.05) is 6.54 Å². The zero-order valence-electron chi connectivity index (χ0n) is 14.6. The van der Waals surface area contributed by atoms with Crippen molar-refractivity contribution in [2.24, 2.45) is 0 Å². The maximum atomic E-state index is 12.6. The number of ether oxygens (including phenoxy) is 2. The van der Waals surface area contributed by atoms with Crippen molar-refractivity contribution < 1.29 is 19.1 Å². The highest BCUT2D eigenvalue weighted by Gasteiger charge is 2.32. The second kappa shape index (κ2) is 9.35. The van der Waals surface area contributed by atoms with Crippen molar-refractivity contribution >= 4 is 51.2 Å². The van der Waals surface area contributed by atoms with E-state index in [4.69, 9.17) is 28.1 Å². The molecule has 2 rings (SSSR count). The highest BCUT2D eigenvalue weighted by Crippen LogP contribution is 2.37. The van der Waals surface area contributed by atoms with Crippen molar-refractivity contribution in [1.29, 1.82) is 0 Å². The third-order valence-electron chi connectivity index (χ3n) is 3.44. The lowest BCUT2D eigenvalue weighted by Crippen LogP contribution is -2.53. The van der Waals surface area contributed by atoms with Crippen LogP contribution < -0.4 is 14.8 Å². The number of rotatable bonds is 7. The van der Waals surface area contributed by atoms with Crippen molar-refractivity contribution in [1.82, 2.24) is 10.2 Å². The summed E-state index contributed by atoms with van der Waals surface area (Å²) in [6.07, 6.45) is 8.23. The number of halogens is 1. The zero-order chi connectivity index (χ0) is 20.0. The van der Waals surface area contributed by atoms with Crippen LogP contribution >= 0.6 is 28.1 Å². The largest absolute Gasteiger partial charge is 0.490 e. The van der Waals surface area contributed by atoms with Crippen LogP contribution in [-0.4, -0.2) is 41.6 Å². The Labute approximate surface area is 171 Å². The molecule has 140 valence electrons. The number of nitrogens with zero attached hydrogens (tertiary/aromatic N) is 1. The normalized spacial score (nSPS) is 15.4. The summed E-state index contributed by atoms with van der Waals surface area (Å²) in [5.41, 5.74) is 0.528. The lowest BCUT2D eigenvalue weighted by Gasteiger charge is -2.27. The van der Waals surface area contributed by atoms with Crippen molar-refractivity contribution in [3.05, 3.63) is 40.4 Å². The van der Waals surface area contributed by atoms with Crippen LogP contribution in [0.25, 0.3) is 6.08 Å². The van der Waals surface area contributed by atoms with Gasteiger partial charge in [-0.2, -0.15) is 0 Å². The van der Waals surface area contributed by atoms with Crippen molar-refractivity contribution in [3.63, 3.8) is 0 Å². The fourth-order valence-corrected chi connectivity index (χ4v) is 3.17. The molecule has 0 saturated carbocycles. The number of carbonyl (C=O) groups is 2. The molecule has 1 aromatic rings. The third-order valence-corrected chi connectivity index (χ3v) is 4.35. The maximum Gasteiger partial charge on any atom is 0.265 e. The molecule has 1 aliphatic rings.